The molecular formula is C16H34O2. The topological polar surface area (TPSA) is 40.5 Å². The van der Waals surface area contributed by atoms with Crippen molar-refractivity contribution in [2.24, 2.45) is 22.7 Å². The van der Waals surface area contributed by atoms with E-state index in [2.05, 4.69) is 34.6 Å². The lowest BCUT2D eigenvalue weighted by molar-refractivity contribution is -0.0298. The largest absolute Gasteiger partial charge is 0.396 e. The predicted molar refractivity (Wildman–Crippen MR) is 78.5 cm³/mol. The Kier molecular flexibility index (Phi) is 6.87. The standard InChI is InChI=1S/C16H34O2/c1-12(2)10-15(4,5)9-8-13(3)14(18)16(6,7)11-17/h12-14,17-18H,8-11H2,1-7H3. The monoisotopic (exact) mass is 258 g/mol. The maximum atomic E-state index is 10.3. The first-order valence-electron chi connectivity index (χ1n) is 7.31. The highest BCUT2D eigenvalue weighted by Crippen LogP contribution is 2.35. The summed E-state index contributed by atoms with van der Waals surface area (Å²) < 4.78 is 0. The van der Waals surface area contributed by atoms with E-state index < -0.39 is 11.5 Å². The van der Waals surface area contributed by atoms with E-state index in [1.165, 1.54) is 6.42 Å². The van der Waals surface area contributed by atoms with Gasteiger partial charge in [0.05, 0.1) is 12.7 Å². The minimum atomic E-state index is -0.433. The smallest absolute Gasteiger partial charge is 0.0638 e. The summed E-state index contributed by atoms with van der Waals surface area (Å²) in [4.78, 5) is 0. The van der Waals surface area contributed by atoms with Crippen LogP contribution in [0.2, 0.25) is 0 Å². The Hall–Kier alpha value is -0.0800. The number of aliphatic hydroxyl groups excluding tert-OH is 2. The lowest BCUT2D eigenvalue weighted by Gasteiger charge is -2.35. The molecule has 0 aromatic rings. The van der Waals surface area contributed by atoms with Gasteiger partial charge in [-0.15, -0.1) is 0 Å². The Bertz CT molecular complexity index is 231. The van der Waals surface area contributed by atoms with E-state index in [9.17, 15) is 10.2 Å². The van der Waals surface area contributed by atoms with Crippen LogP contribution in [0, 0.1) is 22.7 Å². The molecule has 0 amide bonds. The zero-order valence-corrected chi connectivity index (χ0v) is 13.5. The Labute approximate surface area is 114 Å². The third kappa shape index (κ3) is 6.19. The molecule has 2 N–H and O–H groups in total. The van der Waals surface area contributed by atoms with Crippen LogP contribution in [0.5, 0.6) is 0 Å². The predicted octanol–water partition coefficient (Wildman–Crippen LogP) is 3.85. The molecule has 0 radical (unpaired) electrons. The molecule has 0 aliphatic rings. The first-order chi connectivity index (χ1) is 8.02. The fraction of sp³-hybridized carbons (Fsp3) is 1.00. The highest BCUT2D eigenvalue weighted by atomic mass is 16.3. The van der Waals surface area contributed by atoms with Gasteiger partial charge in [0, 0.05) is 5.41 Å². The van der Waals surface area contributed by atoms with Gasteiger partial charge in [-0.05, 0) is 36.5 Å². The molecule has 2 nitrogen and oxygen atoms in total. The van der Waals surface area contributed by atoms with Crippen molar-refractivity contribution in [3.8, 4) is 0 Å². The van der Waals surface area contributed by atoms with E-state index in [-0.39, 0.29) is 12.5 Å². The summed E-state index contributed by atoms with van der Waals surface area (Å²) in [5, 5.41) is 19.6. The molecule has 0 aliphatic carbocycles. The lowest BCUT2D eigenvalue weighted by Crippen LogP contribution is -2.38. The van der Waals surface area contributed by atoms with E-state index in [0.717, 1.165) is 12.8 Å². The summed E-state index contributed by atoms with van der Waals surface area (Å²) in [6.07, 6.45) is 2.94. The summed E-state index contributed by atoms with van der Waals surface area (Å²) >= 11 is 0. The van der Waals surface area contributed by atoms with Crippen molar-refractivity contribution in [2.45, 2.75) is 73.8 Å². The van der Waals surface area contributed by atoms with Gasteiger partial charge in [0.2, 0.25) is 0 Å². The summed E-state index contributed by atoms with van der Waals surface area (Å²) in [5.74, 6) is 0.952. The van der Waals surface area contributed by atoms with Gasteiger partial charge in [-0.25, -0.2) is 0 Å². The molecule has 0 heterocycles. The molecule has 0 bridgehead atoms. The summed E-state index contributed by atoms with van der Waals surface area (Å²) in [7, 11) is 0. The van der Waals surface area contributed by atoms with E-state index in [1.54, 1.807) is 0 Å². The van der Waals surface area contributed by atoms with E-state index in [0.29, 0.717) is 11.3 Å². The number of aliphatic hydroxyl groups is 2. The molecule has 0 saturated carbocycles. The SMILES string of the molecule is CC(C)CC(C)(C)CCC(C)C(O)C(C)(C)CO. The average molecular weight is 258 g/mol. The molecule has 2 atom stereocenters. The van der Waals surface area contributed by atoms with Crippen LogP contribution in [0.25, 0.3) is 0 Å². The first-order valence-corrected chi connectivity index (χ1v) is 7.31. The van der Waals surface area contributed by atoms with E-state index in [1.807, 2.05) is 13.8 Å². The maximum Gasteiger partial charge on any atom is 0.0638 e. The van der Waals surface area contributed by atoms with Crippen LogP contribution < -0.4 is 0 Å². The van der Waals surface area contributed by atoms with Crippen molar-refractivity contribution in [3.05, 3.63) is 0 Å². The lowest BCUT2D eigenvalue weighted by atomic mass is 9.74. The fourth-order valence-corrected chi connectivity index (χ4v) is 2.85. The number of rotatable bonds is 8. The molecule has 0 rings (SSSR count). The molecule has 0 aromatic carbocycles. The molecule has 0 aliphatic heterocycles. The van der Waals surface area contributed by atoms with E-state index >= 15 is 0 Å². The summed E-state index contributed by atoms with van der Waals surface area (Å²) in [6, 6.07) is 0. The van der Waals surface area contributed by atoms with Crippen molar-refractivity contribution >= 4 is 0 Å². The van der Waals surface area contributed by atoms with Crippen molar-refractivity contribution in [1.29, 1.82) is 0 Å². The molecule has 2 unspecified atom stereocenters. The van der Waals surface area contributed by atoms with Gasteiger partial charge >= 0.3 is 0 Å². The average Bonchev–Trinajstić information content (AvgIpc) is 2.23. The summed E-state index contributed by atoms with van der Waals surface area (Å²) in [5.41, 5.74) is -0.0624. The second-order valence-corrected chi connectivity index (χ2v) is 7.87. The third-order valence-corrected chi connectivity index (χ3v) is 3.98. The summed E-state index contributed by atoms with van der Waals surface area (Å²) in [6.45, 7) is 15.1. The minimum absolute atomic E-state index is 0.0356. The van der Waals surface area contributed by atoms with Gasteiger partial charge in [-0.1, -0.05) is 48.5 Å². The van der Waals surface area contributed by atoms with Crippen molar-refractivity contribution < 1.29 is 10.2 Å². The maximum absolute atomic E-state index is 10.3. The van der Waals surface area contributed by atoms with Crippen LogP contribution in [0.1, 0.15) is 67.7 Å². The van der Waals surface area contributed by atoms with Crippen molar-refractivity contribution in [1.82, 2.24) is 0 Å². The van der Waals surface area contributed by atoms with Crippen LogP contribution >= 0.6 is 0 Å². The Morgan fingerprint density at radius 3 is 1.89 bits per heavy atom. The Morgan fingerprint density at radius 2 is 1.50 bits per heavy atom. The minimum Gasteiger partial charge on any atom is -0.396 e. The molecule has 18 heavy (non-hydrogen) atoms. The van der Waals surface area contributed by atoms with Crippen LogP contribution in [-0.4, -0.2) is 22.9 Å². The van der Waals surface area contributed by atoms with Crippen LogP contribution in [-0.2, 0) is 0 Å². The highest BCUT2D eigenvalue weighted by molar-refractivity contribution is 4.82. The Balaban J connectivity index is 4.29. The van der Waals surface area contributed by atoms with Gasteiger partial charge in [0.25, 0.3) is 0 Å². The molecule has 0 fully saturated rings. The highest BCUT2D eigenvalue weighted by Gasteiger charge is 2.32. The second-order valence-electron chi connectivity index (χ2n) is 7.87. The van der Waals surface area contributed by atoms with E-state index in [4.69, 9.17) is 0 Å². The third-order valence-electron chi connectivity index (χ3n) is 3.98. The molecule has 110 valence electrons. The van der Waals surface area contributed by atoms with Gasteiger partial charge in [-0.3, -0.25) is 0 Å². The normalized spacial score (nSPS) is 17.0. The van der Waals surface area contributed by atoms with Gasteiger partial charge < -0.3 is 10.2 Å². The molecule has 0 saturated heterocycles. The second kappa shape index (κ2) is 6.91. The molecular weight excluding hydrogens is 224 g/mol. The van der Waals surface area contributed by atoms with Gasteiger partial charge in [0.1, 0.15) is 0 Å². The quantitative estimate of drug-likeness (QED) is 0.694. The number of hydrogen-bond donors (Lipinski definition) is 2. The van der Waals surface area contributed by atoms with Gasteiger partial charge in [0.15, 0.2) is 0 Å². The zero-order valence-electron chi connectivity index (χ0n) is 13.5. The Morgan fingerprint density at radius 1 is 1.00 bits per heavy atom. The fourth-order valence-electron chi connectivity index (χ4n) is 2.85. The molecule has 2 heteroatoms. The number of hydrogen-bond acceptors (Lipinski definition) is 2. The zero-order chi connectivity index (χ0) is 14.6. The van der Waals surface area contributed by atoms with Crippen LogP contribution in [0.3, 0.4) is 0 Å². The van der Waals surface area contributed by atoms with Crippen LogP contribution in [0.15, 0.2) is 0 Å². The molecule has 0 spiro atoms. The van der Waals surface area contributed by atoms with Crippen molar-refractivity contribution in [2.75, 3.05) is 6.61 Å². The first kappa shape index (κ1) is 17.9. The van der Waals surface area contributed by atoms with Gasteiger partial charge in [-0.2, -0.15) is 0 Å². The van der Waals surface area contributed by atoms with Crippen molar-refractivity contribution in [3.63, 3.8) is 0 Å². The molecule has 0 aromatic heterocycles. The van der Waals surface area contributed by atoms with Crippen LogP contribution in [0.4, 0.5) is 0 Å².